The zero-order valence-electron chi connectivity index (χ0n) is 17.4. The highest BCUT2D eigenvalue weighted by Gasteiger charge is 2.37. The first kappa shape index (κ1) is 23.1. The number of benzene rings is 2. The number of halogens is 3. The van der Waals surface area contributed by atoms with Gasteiger partial charge in [0.2, 0.25) is 11.8 Å². The first-order chi connectivity index (χ1) is 15.1. The number of ether oxygens (including phenoxy) is 2. The van der Waals surface area contributed by atoms with Gasteiger partial charge in [0.05, 0.1) is 18.6 Å². The van der Waals surface area contributed by atoms with Crippen LogP contribution in [0.15, 0.2) is 42.5 Å². The highest BCUT2D eigenvalue weighted by molar-refractivity contribution is 6.03. The topological polar surface area (TPSA) is 84.9 Å². The number of hydrogen-bond acceptors (Lipinski definition) is 5. The van der Waals surface area contributed by atoms with E-state index in [1.165, 1.54) is 24.1 Å². The molecule has 32 heavy (non-hydrogen) atoms. The van der Waals surface area contributed by atoms with Gasteiger partial charge in [0.15, 0.2) is 6.61 Å². The summed E-state index contributed by atoms with van der Waals surface area (Å²) in [6.07, 6.45) is -4.64. The van der Waals surface area contributed by atoms with Crippen molar-refractivity contribution in [3.63, 3.8) is 0 Å². The summed E-state index contributed by atoms with van der Waals surface area (Å²) in [5, 5.41) is 2.74. The van der Waals surface area contributed by atoms with Crippen LogP contribution in [0.1, 0.15) is 17.5 Å². The second-order valence-corrected chi connectivity index (χ2v) is 7.28. The Bertz CT molecular complexity index is 1040. The van der Waals surface area contributed by atoms with Crippen LogP contribution in [-0.2, 0) is 25.3 Å². The van der Waals surface area contributed by atoms with Crippen molar-refractivity contribution in [2.45, 2.75) is 19.5 Å². The fourth-order valence-corrected chi connectivity index (χ4v) is 3.29. The average Bonchev–Trinajstić information content (AvgIpc) is 3.15. The van der Waals surface area contributed by atoms with Crippen LogP contribution in [0.2, 0.25) is 0 Å². The number of rotatable bonds is 6. The number of nitrogens with zero attached hydrogens (tertiary/aromatic N) is 1. The molecule has 3 rings (SSSR count). The number of amides is 2. The van der Waals surface area contributed by atoms with Crippen LogP contribution in [0.3, 0.4) is 0 Å². The molecule has 1 N–H and O–H groups in total. The molecule has 1 heterocycles. The molecular formula is C22H21F3N2O5. The van der Waals surface area contributed by atoms with Gasteiger partial charge in [0.25, 0.3) is 0 Å². The van der Waals surface area contributed by atoms with E-state index in [-0.39, 0.29) is 25.3 Å². The molecule has 10 heteroatoms. The third kappa shape index (κ3) is 5.37. The Labute approximate surface area is 182 Å². The quantitative estimate of drug-likeness (QED) is 0.681. The molecule has 2 aromatic rings. The maximum atomic E-state index is 13.0. The van der Waals surface area contributed by atoms with Crippen molar-refractivity contribution in [3.05, 3.63) is 53.6 Å². The predicted molar refractivity (Wildman–Crippen MR) is 109 cm³/mol. The highest BCUT2D eigenvalue weighted by atomic mass is 19.4. The lowest BCUT2D eigenvalue weighted by molar-refractivity contribution is -0.143. The molecule has 0 radical (unpaired) electrons. The molecule has 2 aromatic carbocycles. The third-order valence-corrected chi connectivity index (χ3v) is 5.02. The lowest BCUT2D eigenvalue weighted by atomic mass is 10.1. The molecule has 7 nitrogen and oxygen atoms in total. The Balaban J connectivity index is 1.66. The van der Waals surface area contributed by atoms with Crippen molar-refractivity contribution in [3.8, 4) is 5.75 Å². The lowest BCUT2D eigenvalue weighted by Gasteiger charge is -2.18. The number of carbonyl (C=O) groups is 3. The highest BCUT2D eigenvalue weighted by Crippen LogP contribution is 2.34. The molecule has 0 aromatic heterocycles. The molecule has 1 fully saturated rings. The van der Waals surface area contributed by atoms with Crippen molar-refractivity contribution in [2.75, 3.05) is 30.5 Å². The van der Waals surface area contributed by atoms with Crippen molar-refractivity contribution in [1.82, 2.24) is 0 Å². The van der Waals surface area contributed by atoms with Gasteiger partial charge in [-0.05, 0) is 48.9 Å². The molecular weight excluding hydrogens is 429 g/mol. The van der Waals surface area contributed by atoms with E-state index in [2.05, 4.69) is 10.1 Å². The minimum absolute atomic E-state index is 0.0225. The van der Waals surface area contributed by atoms with Gasteiger partial charge in [0, 0.05) is 24.3 Å². The van der Waals surface area contributed by atoms with Crippen LogP contribution in [0.4, 0.5) is 24.5 Å². The molecule has 0 aliphatic carbocycles. The Morgan fingerprint density at radius 2 is 1.94 bits per heavy atom. The minimum atomic E-state index is -4.53. The van der Waals surface area contributed by atoms with Gasteiger partial charge in [-0.2, -0.15) is 13.2 Å². The summed E-state index contributed by atoms with van der Waals surface area (Å²) in [7, 11) is 1.25. The van der Waals surface area contributed by atoms with Crippen molar-refractivity contribution < 1.29 is 37.0 Å². The van der Waals surface area contributed by atoms with Crippen LogP contribution in [0.25, 0.3) is 0 Å². The number of carbonyl (C=O) groups excluding carboxylic acids is 3. The van der Waals surface area contributed by atoms with E-state index in [0.29, 0.717) is 17.0 Å². The van der Waals surface area contributed by atoms with Crippen LogP contribution >= 0.6 is 0 Å². The standard InChI is InChI=1S/C22H21F3N2O5/c1-13-8-17(32-12-20(29)31-2)6-7-18(13)26-21(30)14-9-19(28)27(11-14)16-5-3-4-15(10-16)22(23,24)25/h3-8,10,14H,9,11-12H2,1-2H3,(H,26,30). The lowest BCUT2D eigenvalue weighted by Crippen LogP contribution is -2.28. The van der Waals surface area contributed by atoms with E-state index < -0.39 is 35.4 Å². The zero-order valence-corrected chi connectivity index (χ0v) is 17.4. The summed E-state index contributed by atoms with van der Waals surface area (Å²) < 4.78 is 48.7. The van der Waals surface area contributed by atoms with Crippen LogP contribution in [0.5, 0.6) is 5.75 Å². The number of methoxy groups -OCH3 is 1. The van der Waals surface area contributed by atoms with Gasteiger partial charge in [-0.15, -0.1) is 0 Å². The van der Waals surface area contributed by atoms with Crippen LogP contribution < -0.4 is 15.0 Å². The molecule has 170 valence electrons. The van der Waals surface area contributed by atoms with E-state index >= 15 is 0 Å². The molecule has 1 saturated heterocycles. The van der Waals surface area contributed by atoms with E-state index in [1.54, 1.807) is 25.1 Å². The maximum Gasteiger partial charge on any atom is 0.416 e. The third-order valence-electron chi connectivity index (χ3n) is 5.02. The molecule has 1 aliphatic heterocycles. The number of esters is 1. The van der Waals surface area contributed by atoms with Gasteiger partial charge >= 0.3 is 12.1 Å². The number of nitrogens with one attached hydrogen (secondary N) is 1. The predicted octanol–water partition coefficient (Wildman–Crippen LogP) is 3.56. The summed E-state index contributed by atoms with van der Waals surface area (Å²) in [6, 6.07) is 9.26. The first-order valence-electron chi connectivity index (χ1n) is 9.67. The van der Waals surface area contributed by atoms with Gasteiger partial charge in [-0.1, -0.05) is 6.07 Å². The molecule has 2 amide bonds. The van der Waals surface area contributed by atoms with Crippen molar-refractivity contribution in [1.29, 1.82) is 0 Å². The van der Waals surface area contributed by atoms with Crippen molar-refractivity contribution in [2.24, 2.45) is 5.92 Å². The smallest absolute Gasteiger partial charge is 0.416 e. The number of anilines is 2. The maximum absolute atomic E-state index is 13.0. The summed E-state index contributed by atoms with van der Waals surface area (Å²) in [5.41, 5.74) is 0.398. The van der Waals surface area contributed by atoms with Crippen molar-refractivity contribution >= 4 is 29.2 Å². The molecule has 1 atom stereocenters. The largest absolute Gasteiger partial charge is 0.482 e. The summed E-state index contributed by atoms with van der Waals surface area (Å²) in [5.74, 6) is -1.67. The van der Waals surface area contributed by atoms with E-state index in [0.717, 1.165) is 12.1 Å². The first-order valence-corrected chi connectivity index (χ1v) is 9.67. The Morgan fingerprint density at radius 3 is 2.59 bits per heavy atom. The van der Waals surface area contributed by atoms with E-state index in [1.807, 2.05) is 0 Å². The van der Waals surface area contributed by atoms with Crippen LogP contribution in [-0.4, -0.2) is 38.0 Å². The SMILES string of the molecule is COC(=O)COc1ccc(NC(=O)C2CC(=O)N(c3cccc(C(F)(F)F)c3)C2)c(C)c1. The fraction of sp³-hybridized carbons (Fsp3) is 0.318. The molecule has 1 unspecified atom stereocenters. The fourth-order valence-electron chi connectivity index (χ4n) is 3.29. The van der Waals surface area contributed by atoms with Gasteiger partial charge < -0.3 is 19.7 Å². The van der Waals surface area contributed by atoms with Gasteiger partial charge in [-0.3, -0.25) is 9.59 Å². The number of alkyl halides is 3. The monoisotopic (exact) mass is 450 g/mol. The summed E-state index contributed by atoms with van der Waals surface area (Å²) >= 11 is 0. The van der Waals surface area contributed by atoms with E-state index in [4.69, 9.17) is 4.74 Å². The number of aryl methyl sites for hydroxylation is 1. The summed E-state index contributed by atoms with van der Waals surface area (Å²) in [4.78, 5) is 37.4. The normalized spacial score (nSPS) is 16.1. The van der Waals surface area contributed by atoms with E-state index in [9.17, 15) is 27.6 Å². The Kier molecular flexibility index (Phi) is 6.71. The zero-order chi connectivity index (χ0) is 23.5. The molecule has 0 bridgehead atoms. The van der Waals surface area contributed by atoms with Gasteiger partial charge in [-0.25, -0.2) is 4.79 Å². The minimum Gasteiger partial charge on any atom is -0.482 e. The van der Waals surface area contributed by atoms with Crippen LogP contribution in [0, 0.1) is 12.8 Å². The molecule has 0 saturated carbocycles. The number of hydrogen-bond donors (Lipinski definition) is 1. The van der Waals surface area contributed by atoms with Gasteiger partial charge in [0.1, 0.15) is 5.75 Å². The second kappa shape index (κ2) is 9.29. The molecule has 0 spiro atoms. The Morgan fingerprint density at radius 1 is 1.19 bits per heavy atom. The second-order valence-electron chi connectivity index (χ2n) is 7.28. The Hall–Kier alpha value is -3.56. The summed E-state index contributed by atoms with van der Waals surface area (Å²) in [6.45, 7) is 1.46. The average molecular weight is 450 g/mol. The molecule has 1 aliphatic rings.